The predicted molar refractivity (Wildman–Crippen MR) is 120 cm³/mol. The molecule has 6 nitrogen and oxygen atoms in total. The number of thiophene rings is 1. The number of nitrogens with zero attached hydrogens (tertiary/aromatic N) is 3. The summed E-state index contributed by atoms with van der Waals surface area (Å²) in [4.78, 5) is 26.0. The van der Waals surface area contributed by atoms with Crippen LogP contribution in [0.3, 0.4) is 0 Å². The zero-order valence-corrected chi connectivity index (χ0v) is 18.2. The van der Waals surface area contributed by atoms with E-state index in [1.807, 2.05) is 19.1 Å². The molecule has 5 rings (SSSR count). The molecule has 2 fully saturated rings. The second-order valence-electron chi connectivity index (χ2n) is 8.27. The minimum atomic E-state index is 0.173. The Kier molecular flexibility index (Phi) is 5.06. The van der Waals surface area contributed by atoms with Crippen LogP contribution in [0.25, 0.3) is 10.2 Å². The number of hydrogen-bond acceptors (Lipinski definition) is 6. The van der Waals surface area contributed by atoms with Crippen LogP contribution in [0.5, 0.6) is 5.75 Å². The first-order chi connectivity index (χ1) is 14.6. The number of fused-ring (bicyclic) bond motifs is 3. The number of carbonyl (C=O) groups is 1. The zero-order chi connectivity index (χ0) is 20.7. The van der Waals surface area contributed by atoms with Crippen LogP contribution in [0.4, 0.5) is 5.82 Å². The van der Waals surface area contributed by atoms with Crippen LogP contribution < -0.4 is 10.1 Å². The first-order valence-corrected chi connectivity index (χ1v) is 11.4. The minimum absolute atomic E-state index is 0.173. The van der Waals surface area contributed by atoms with Crippen molar-refractivity contribution in [2.24, 2.45) is 5.92 Å². The number of rotatable bonds is 6. The van der Waals surface area contributed by atoms with Gasteiger partial charge >= 0.3 is 0 Å². The number of carbonyl (C=O) groups excluding carboxylic acids is 1. The number of aryl methyl sites for hydroxylation is 1. The van der Waals surface area contributed by atoms with Crippen LogP contribution in [-0.4, -0.2) is 47.0 Å². The normalized spacial score (nSPS) is 20.1. The van der Waals surface area contributed by atoms with E-state index in [0.29, 0.717) is 12.0 Å². The third-order valence-electron chi connectivity index (χ3n) is 6.46. The van der Waals surface area contributed by atoms with Gasteiger partial charge in [0.05, 0.1) is 17.4 Å². The van der Waals surface area contributed by atoms with Gasteiger partial charge in [-0.25, -0.2) is 9.97 Å². The van der Waals surface area contributed by atoms with Crippen molar-refractivity contribution in [2.45, 2.75) is 38.6 Å². The maximum Gasteiger partial charge on any atom is 0.264 e. The number of piperidine rings is 1. The molecule has 3 aromatic rings. The van der Waals surface area contributed by atoms with Crippen molar-refractivity contribution in [1.82, 2.24) is 14.9 Å². The largest absolute Gasteiger partial charge is 0.497 e. The van der Waals surface area contributed by atoms with Gasteiger partial charge in [0.2, 0.25) is 0 Å². The number of amides is 1. The SMILES string of the molecule is COc1ccc(CCNc2ncnc3sc(C(=O)N4CC5CCC4C5)c(C)c23)cc1. The molecule has 30 heavy (non-hydrogen) atoms. The lowest BCUT2D eigenvalue weighted by molar-refractivity contribution is 0.0708. The van der Waals surface area contributed by atoms with Crippen LogP contribution in [0.2, 0.25) is 0 Å². The molecule has 1 aromatic carbocycles. The van der Waals surface area contributed by atoms with Gasteiger partial charge < -0.3 is 15.0 Å². The van der Waals surface area contributed by atoms with E-state index in [1.54, 1.807) is 13.4 Å². The van der Waals surface area contributed by atoms with Gasteiger partial charge in [0, 0.05) is 19.1 Å². The third-order valence-corrected chi connectivity index (χ3v) is 7.64. The van der Waals surface area contributed by atoms with E-state index in [9.17, 15) is 4.79 Å². The Morgan fingerprint density at radius 3 is 2.80 bits per heavy atom. The molecule has 2 atom stereocenters. The molecule has 1 amide bonds. The molecular weight excluding hydrogens is 396 g/mol. The molecule has 2 unspecified atom stereocenters. The van der Waals surface area contributed by atoms with Crippen LogP contribution in [0.15, 0.2) is 30.6 Å². The van der Waals surface area contributed by atoms with E-state index in [0.717, 1.165) is 58.2 Å². The Balaban J connectivity index is 1.34. The van der Waals surface area contributed by atoms with Gasteiger partial charge in [0.15, 0.2) is 0 Å². The van der Waals surface area contributed by atoms with E-state index in [1.165, 1.54) is 29.7 Å². The van der Waals surface area contributed by atoms with Crippen molar-refractivity contribution in [3.63, 3.8) is 0 Å². The first-order valence-electron chi connectivity index (χ1n) is 10.6. The number of anilines is 1. The zero-order valence-electron chi connectivity index (χ0n) is 17.4. The molecule has 0 radical (unpaired) electrons. The van der Waals surface area contributed by atoms with Crippen molar-refractivity contribution < 1.29 is 9.53 Å². The van der Waals surface area contributed by atoms with E-state index < -0.39 is 0 Å². The summed E-state index contributed by atoms with van der Waals surface area (Å²) in [7, 11) is 1.67. The smallest absolute Gasteiger partial charge is 0.264 e. The Bertz CT molecular complexity index is 1080. The standard InChI is InChI=1S/C23H26N4O2S/c1-14-19-21(24-10-9-15-4-7-18(29-2)8-5-15)25-13-26-22(19)30-20(14)23(28)27-12-16-3-6-17(27)11-16/h4-5,7-8,13,16-17H,3,6,9-12H2,1-2H3,(H,24,25,26). The van der Waals surface area contributed by atoms with Crippen molar-refractivity contribution in [2.75, 3.05) is 25.5 Å². The Hall–Kier alpha value is -2.67. The molecule has 2 aromatic heterocycles. The summed E-state index contributed by atoms with van der Waals surface area (Å²) in [5.41, 5.74) is 2.23. The molecule has 1 saturated carbocycles. The van der Waals surface area contributed by atoms with Crippen LogP contribution >= 0.6 is 11.3 Å². The number of benzene rings is 1. The third kappa shape index (κ3) is 3.41. The van der Waals surface area contributed by atoms with Crippen molar-refractivity contribution >= 4 is 33.3 Å². The van der Waals surface area contributed by atoms with Gasteiger partial charge in [-0.15, -0.1) is 11.3 Å². The van der Waals surface area contributed by atoms with Gasteiger partial charge in [-0.3, -0.25) is 4.79 Å². The molecule has 1 aliphatic heterocycles. The van der Waals surface area contributed by atoms with Crippen molar-refractivity contribution in [1.29, 1.82) is 0 Å². The lowest BCUT2D eigenvalue weighted by atomic mass is 10.1. The van der Waals surface area contributed by atoms with Crippen molar-refractivity contribution in [3.8, 4) is 5.75 Å². The van der Waals surface area contributed by atoms with E-state index in [4.69, 9.17) is 4.74 Å². The molecule has 0 spiro atoms. The number of ether oxygens (including phenoxy) is 1. The molecule has 156 valence electrons. The summed E-state index contributed by atoms with van der Waals surface area (Å²) >= 11 is 1.50. The highest BCUT2D eigenvalue weighted by atomic mass is 32.1. The monoisotopic (exact) mass is 422 g/mol. The Morgan fingerprint density at radius 2 is 2.10 bits per heavy atom. The highest BCUT2D eigenvalue weighted by Gasteiger charge is 2.41. The summed E-state index contributed by atoms with van der Waals surface area (Å²) in [6.45, 7) is 3.70. The fourth-order valence-corrected chi connectivity index (χ4v) is 5.94. The summed E-state index contributed by atoms with van der Waals surface area (Å²) in [6.07, 6.45) is 6.06. The quantitative estimate of drug-likeness (QED) is 0.642. The van der Waals surface area contributed by atoms with Gasteiger partial charge in [-0.1, -0.05) is 12.1 Å². The number of nitrogens with one attached hydrogen (secondary N) is 1. The number of likely N-dealkylation sites (tertiary alicyclic amines) is 1. The van der Waals surface area contributed by atoms with E-state index in [-0.39, 0.29) is 5.91 Å². The summed E-state index contributed by atoms with van der Waals surface area (Å²) < 4.78 is 5.22. The molecule has 1 N–H and O–H groups in total. The van der Waals surface area contributed by atoms with E-state index in [2.05, 4.69) is 32.3 Å². The van der Waals surface area contributed by atoms with Crippen LogP contribution in [0.1, 0.15) is 40.1 Å². The first kappa shape index (κ1) is 19.3. The molecule has 1 aliphatic carbocycles. The molecule has 3 heterocycles. The van der Waals surface area contributed by atoms with Gasteiger partial charge in [0.25, 0.3) is 5.91 Å². The Labute approximate surface area is 180 Å². The summed E-state index contributed by atoms with van der Waals surface area (Å²) in [6, 6.07) is 8.54. The van der Waals surface area contributed by atoms with Gasteiger partial charge in [-0.2, -0.15) is 0 Å². The second-order valence-corrected chi connectivity index (χ2v) is 9.27. The fourth-order valence-electron chi connectivity index (χ4n) is 4.83. The van der Waals surface area contributed by atoms with Gasteiger partial charge in [-0.05, 0) is 61.8 Å². The highest BCUT2D eigenvalue weighted by molar-refractivity contribution is 7.20. The lowest BCUT2D eigenvalue weighted by Gasteiger charge is -2.26. The number of hydrogen-bond donors (Lipinski definition) is 1. The summed E-state index contributed by atoms with van der Waals surface area (Å²) in [5, 5.41) is 4.43. The van der Waals surface area contributed by atoms with Crippen LogP contribution in [-0.2, 0) is 6.42 Å². The number of methoxy groups -OCH3 is 1. The maximum atomic E-state index is 13.2. The fraction of sp³-hybridized carbons (Fsp3) is 0.435. The van der Waals surface area contributed by atoms with E-state index >= 15 is 0 Å². The average Bonchev–Trinajstić information content (AvgIpc) is 3.49. The Morgan fingerprint density at radius 1 is 1.27 bits per heavy atom. The molecular formula is C23H26N4O2S. The molecule has 7 heteroatoms. The molecule has 2 bridgehead atoms. The van der Waals surface area contributed by atoms with Crippen molar-refractivity contribution in [3.05, 3.63) is 46.6 Å². The highest BCUT2D eigenvalue weighted by Crippen LogP contribution is 2.40. The number of aromatic nitrogens is 2. The maximum absolute atomic E-state index is 13.2. The van der Waals surface area contributed by atoms with Crippen LogP contribution in [0, 0.1) is 12.8 Å². The minimum Gasteiger partial charge on any atom is -0.497 e. The predicted octanol–water partition coefficient (Wildman–Crippen LogP) is 4.29. The molecule has 1 saturated heterocycles. The lowest BCUT2D eigenvalue weighted by Crippen LogP contribution is -2.37. The summed E-state index contributed by atoms with van der Waals surface area (Å²) in [5.74, 6) is 2.54. The molecule has 2 aliphatic rings. The van der Waals surface area contributed by atoms with Gasteiger partial charge in [0.1, 0.15) is 22.7 Å². The average molecular weight is 423 g/mol. The topological polar surface area (TPSA) is 67.3 Å². The second kappa shape index (κ2) is 7.87.